The van der Waals surface area contributed by atoms with Gasteiger partial charge in [-0.25, -0.2) is 9.37 Å². The summed E-state index contributed by atoms with van der Waals surface area (Å²) in [4.78, 5) is 14.1. The first-order valence-electron chi connectivity index (χ1n) is 6.46. The molecule has 106 valence electrons. The molecule has 19 heavy (non-hydrogen) atoms. The molecule has 7 heteroatoms. The van der Waals surface area contributed by atoms with Crippen LogP contribution in [-0.2, 0) is 0 Å². The van der Waals surface area contributed by atoms with Gasteiger partial charge in [-0.3, -0.25) is 4.90 Å². The normalized spacial score (nSPS) is 17.2. The van der Waals surface area contributed by atoms with Crippen molar-refractivity contribution in [3.05, 3.63) is 12.0 Å². The summed E-state index contributed by atoms with van der Waals surface area (Å²) < 4.78 is 13.7. The Balaban J connectivity index is 1.90. The highest BCUT2D eigenvalue weighted by molar-refractivity contribution is 5.42. The number of likely N-dealkylation sites (N-methyl/N-ethyl adjacent to an activating group) is 1. The van der Waals surface area contributed by atoms with Gasteiger partial charge < -0.3 is 15.5 Å². The Bertz CT molecular complexity index is 417. The van der Waals surface area contributed by atoms with Gasteiger partial charge >= 0.3 is 0 Å². The predicted molar refractivity (Wildman–Crippen MR) is 73.6 cm³/mol. The van der Waals surface area contributed by atoms with Crippen molar-refractivity contribution in [2.75, 3.05) is 64.0 Å². The summed E-state index contributed by atoms with van der Waals surface area (Å²) in [6.45, 7) is 5.43. The third-order valence-electron chi connectivity index (χ3n) is 3.28. The van der Waals surface area contributed by atoms with Gasteiger partial charge in [0.05, 0.1) is 6.20 Å². The van der Waals surface area contributed by atoms with Crippen molar-refractivity contribution in [1.82, 2.24) is 19.8 Å². The molecule has 1 fully saturated rings. The molecule has 1 aromatic rings. The molecule has 0 saturated carbocycles. The number of rotatable bonds is 4. The summed E-state index contributed by atoms with van der Waals surface area (Å²) >= 11 is 0. The molecule has 1 saturated heterocycles. The number of halogens is 1. The van der Waals surface area contributed by atoms with Gasteiger partial charge in [-0.15, -0.1) is 0 Å². The Morgan fingerprint density at radius 2 is 2.00 bits per heavy atom. The van der Waals surface area contributed by atoms with Crippen molar-refractivity contribution in [3.63, 3.8) is 0 Å². The minimum atomic E-state index is -0.407. The number of nitrogens with two attached hydrogens (primary N) is 1. The van der Waals surface area contributed by atoms with Crippen LogP contribution in [0.5, 0.6) is 0 Å². The van der Waals surface area contributed by atoms with Crippen LogP contribution in [0.1, 0.15) is 0 Å². The second-order valence-electron chi connectivity index (χ2n) is 5.03. The lowest BCUT2D eigenvalue weighted by molar-refractivity contribution is 0.228. The van der Waals surface area contributed by atoms with Gasteiger partial charge in [0.15, 0.2) is 11.6 Å². The highest BCUT2D eigenvalue weighted by atomic mass is 19.1. The predicted octanol–water partition coefficient (Wildman–Crippen LogP) is -0.118. The van der Waals surface area contributed by atoms with Crippen molar-refractivity contribution in [3.8, 4) is 0 Å². The maximum atomic E-state index is 13.7. The Kier molecular flexibility index (Phi) is 4.49. The van der Waals surface area contributed by atoms with Crippen LogP contribution in [0.2, 0.25) is 0 Å². The van der Waals surface area contributed by atoms with Crippen LogP contribution < -0.4 is 10.6 Å². The van der Waals surface area contributed by atoms with Crippen LogP contribution in [0.15, 0.2) is 6.20 Å². The number of piperazine rings is 1. The van der Waals surface area contributed by atoms with Crippen LogP contribution in [-0.4, -0.2) is 73.1 Å². The number of anilines is 2. The zero-order valence-corrected chi connectivity index (χ0v) is 11.5. The van der Waals surface area contributed by atoms with Crippen LogP contribution in [0.3, 0.4) is 0 Å². The van der Waals surface area contributed by atoms with Gasteiger partial charge in [0.2, 0.25) is 5.95 Å². The van der Waals surface area contributed by atoms with Gasteiger partial charge in [0, 0.05) is 39.3 Å². The Morgan fingerprint density at radius 1 is 1.32 bits per heavy atom. The lowest BCUT2D eigenvalue weighted by Gasteiger charge is -2.35. The van der Waals surface area contributed by atoms with Gasteiger partial charge in [-0.05, 0) is 14.1 Å². The SMILES string of the molecule is CN(C)CCN1CCN(c2nc(N)ncc2F)CC1. The van der Waals surface area contributed by atoms with E-state index in [1.807, 2.05) is 4.90 Å². The van der Waals surface area contributed by atoms with E-state index < -0.39 is 5.82 Å². The molecule has 0 aromatic carbocycles. The molecule has 1 aliphatic heterocycles. The first-order valence-corrected chi connectivity index (χ1v) is 6.46. The lowest BCUT2D eigenvalue weighted by Crippen LogP contribution is -2.48. The second kappa shape index (κ2) is 6.12. The van der Waals surface area contributed by atoms with Crippen molar-refractivity contribution >= 4 is 11.8 Å². The van der Waals surface area contributed by atoms with E-state index in [-0.39, 0.29) is 5.95 Å². The molecule has 0 radical (unpaired) electrons. The van der Waals surface area contributed by atoms with Crippen molar-refractivity contribution in [1.29, 1.82) is 0 Å². The molecule has 2 N–H and O–H groups in total. The third-order valence-corrected chi connectivity index (χ3v) is 3.28. The Labute approximate surface area is 113 Å². The summed E-state index contributed by atoms with van der Waals surface area (Å²) in [5.41, 5.74) is 5.51. The topological polar surface area (TPSA) is 61.5 Å². The second-order valence-corrected chi connectivity index (χ2v) is 5.03. The highest BCUT2D eigenvalue weighted by Gasteiger charge is 2.20. The number of hydrogen-bond donors (Lipinski definition) is 1. The smallest absolute Gasteiger partial charge is 0.222 e. The average molecular weight is 268 g/mol. The fourth-order valence-corrected chi connectivity index (χ4v) is 2.12. The van der Waals surface area contributed by atoms with Gasteiger partial charge in [0.1, 0.15) is 0 Å². The van der Waals surface area contributed by atoms with Crippen molar-refractivity contribution in [2.24, 2.45) is 0 Å². The zero-order valence-electron chi connectivity index (χ0n) is 11.5. The van der Waals surface area contributed by atoms with E-state index in [0.29, 0.717) is 5.82 Å². The number of hydrogen-bond acceptors (Lipinski definition) is 6. The molecule has 0 unspecified atom stereocenters. The van der Waals surface area contributed by atoms with E-state index >= 15 is 0 Å². The summed E-state index contributed by atoms with van der Waals surface area (Å²) in [6.07, 6.45) is 1.14. The van der Waals surface area contributed by atoms with E-state index in [1.54, 1.807) is 0 Å². The van der Waals surface area contributed by atoms with E-state index in [1.165, 1.54) is 0 Å². The van der Waals surface area contributed by atoms with Gasteiger partial charge in [-0.2, -0.15) is 4.98 Å². The molecule has 0 bridgehead atoms. The molecule has 2 rings (SSSR count). The monoisotopic (exact) mass is 268 g/mol. The fourth-order valence-electron chi connectivity index (χ4n) is 2.12. The zero-order chi connectivity index (χ0) is 13.8. The molecule has 1 aromatic heterocycles. The molecule has 0 atom stereocenters. The van der Waals surface area contributed by atoms with Crippen molar-refractivity contribution < 1.29 is 4.39 Å². The first kappa shape index (κ1) is 14.0. The number of nitrogens with zero attached hydrogens (tertiary/aromatic N) is 5. The first-order chi connectivity index (χ1) is 9.06. The molecule has 0 amide bonds. The van der Waals surface area contributed by atoms with E-state index in [2.05, 4.69) is 33.9 Å². The van der Waals surface area contributed by atoms with Crippen LogP contribution >= 0.6 is 0 Å². The lowest BCUT2D eigenvalue weighted by atomic mass is 10.3. The third kappa shape index (κ3) is 3.74. The van der Waals surface area contributed by atoms with E-state index in [4.69, 9.17) is 5.73 Å². The van der Waals surface area contributed by atoms with Crippen LogP contribution in [0.25, 0.3) is 0 Å². The average Bonchev–Trinajstić information content (AvgIpc) is 2.40. The molecule has 0 aliphatic carbocycles. The molecule has 1 aliphatic rings. The summed E-state index contributed by atoms with van der Waals surface area (Å²) in [5.74, 6) is 0.0298. The molecule has 6 nitrogen and oxygen atoms in total. The number of nitrogen functional groups attached to an aromatic ring is 1. The van der Waals surface area contributed by atoms with Gasteiger partial charge in [0.25, 0.3) is 0 Å². The molecular formula is C12H21FN6. The number of aromatic nitrogens is 2. The Hall–Kier alpha value is -1.47. The minimum Gasteiger partial charge on any atom is -0.368 e. The van der Waals surface area contributed by atoms with Crippen LogP contribution in [0.4, 0.5) is 16.2 Å². The fraction of sp³-hybridized carbons (Fsp3) is 0.667. The standard InChI is InChI=1S/C12H21FN6/c1-17(2)3-4-18-5-7-19(8-6-18)11-10(13)9-15-12(14)16-11/h9H,3-8H2,1-2H3,(H2,14,15,16). The van der Waals surface area contributed by atoms with Gasteiger partial charge in [-0.1, -0.05) is 0 Å². The van der Waals surface area contributed by atoms with E-state index in [0.717, 1.165) is 45.5 Å². The Morgan fingerprint density at radius 3 is 2.63 bits per heavy atom. The van der Waals surface area contributed by atoms with Crippen LogP contribution in [0, 0.1) is 5.82 Å². The maximum absolute atomic E-state index is 13.7. The van der Waals surface area contributed by atoms with Crippen molar-refractivity contribution in [2.45, 2.75) is 0 Å². The molecule has 0 spiro atoms. The summed E-state index contributed by atoms with van der Waals surface area (Å²) in [6, 6.07) is 0. The molecular weight excluding hydrogens is 247 g/mol. The quantitative estimate of drug-likeness (QED) is 0.821. The molecule has 2 heterocycles. The summed E-state index contributed by atoms with van der Waals surface area (Å²) in [7, 11) is 4.13. The van der Waals surface area contributed by atoms with E-state index in [9.17, 15) is 4.39 Å². The highest BCUT2D eigenvalue weighted by Crippen LogP contribution is 2.17. The maximum Gasteiger partial charge on any atom is 0.222 e. The summed E-state index contributed by atoms with van der Waals surface area (Å²) in [5, 5.41) is 0. The minimum absolute atomic E-state index is 0.117. The largest absolute Gasteiger partial charge is 0.368 e.